The fourth-order valence-corrected chi connectivity index (χ4v) is 5.26. The number of nitriles is 1. The summed E-state index contributed by atoms with van der Waals surface area (Å²) in [6, 6.07) is 21.7. The molecular formula is C29H23N3O2. The van der Waals surface area contributed by atoms with E-state index in [0.717, 1.165) is 53.1 Å². The van der Waals surface area contributed by atoms with Gasteiger partial charge in [0, 0.05) is 28.0 Å². The molecule has 0 atom stereocenters. The van der Waals surface area contributed by atoms with Crippen molar-refractivity contribution in [1.29, 1.82) is 5.26 Å². The van der Waals surface area contributed by atoms with Gasteiger partial charge in [-0.05, 0) is 48.6 Å². The molecular weight excluding hydrogens is 422 g/mol. The Labute approximate surface area is 196 Å². The first kappa shape index (κ1) is 20.4. The largest absolute Gasteiger partial charge is 0.422 e. The molecule has 0 saturated heterocycles. The van der Waals surface area contributed by atoms with Crippen LogP contribution in [0.25, 0.3) is 44.4 Å². The molecule has 3 aromatic heterocycles. The molecule has 2 aromatic carbocycles. The second-order valence-corrected chi connectivity index (χ2v) is 9.00. The molecule has 1 aliphatic rings. The van der Waals surface area contributed by atoms with Crippen LogP contribution in [0.2, 0.25) is 0 Å². The second-order valence-electron chi connectivity index (χ2n) is 9.00. The molecule has 0 amide bonds. The Balaban J connectivity index is 1.64. The number of hydrogen-bond acceptors (Lipinski definition) is 4. The molecule has 166 valence electrons. The predicted molar refractivity (Wildman–Crippen MR) is 134 cm³/mol. The Morgan fingerprint density at radius 2 is 1.76 bits per heavy atom. The van der Waals surface area contributed by atoms with E-state index < -0.39 is 5.63 Å². The SMILES string of the molecule is N#Cc1c(C2CCCCC2)cc(-c2cc3ccccc3oc2=O)nc1-c1c[nH]c2ccccc12. The summed E-state index contributed by atoms with van der Waals surface area (Å²) < 4.78 is 5.62. The number of hydrogen-bond donors (Lipinski definition) is 1. The fraction of sp³-hybridized carbons (Fsp3) is 0.207. The lowest BCUT2D eigenvalue weighted by molar-refractivity contribution is 0.443. The molecule has 3 heterocycles. The van der Waals surface area contributed by atoms with Gasteiger partial charge in [0.05, 0.1) is 22.5 Å². The predicted octanol–water partition coefficient (Wildman–Crippen LogP) is 6.92. The average molecular weight is 446 g/mol. The van der Waals surface area contributed by atoms with Crippen LogP contribution < -0.4 is 5.63 Å². The molecule has 5 nitrogen and oxygen atoms in total. The lowest BCUT2D eigenvalue weighted by Crippen LogP contribution is -2.11. The average Bonchev–Trinajstić information content (AvgIpc) is 3.32. The molecule has 0 unspecified atom stereocenters. The van der Waals surface area contributed by atoms with E-state index in [4.69, 9.17) is 9.40 Å². The lowest BCUT2D eigenvalue weighted by Gasteiger charge is -2.24. The summed E-state index contributed by atoms with van der Waals surface area (Å²) in [6.45, 7) is 0. The summed E-state index contributed by atoms with van der Waals surface area (Å²) in [7, 11) is 0. The highest BCUT2D eigenvalue weighted by atomic mass is 16.4. The molecule has 0 bridgehead atoms. The van der Waals surface area contributed by atoms with Gasteiger partial charge in [0.15, 0.2) is 0 Å². The van der Waals surface area contributed by atoms with Crippen LogP contribution in [0.3, 0.4) is 0 Å². The third kappa shape index (κ3) is 3.39. The van der Waals surface area contributed by atoms with Crippen LogP contribution in [0.4, 0.5) is 0 Å². The Bertz CT molecular complexity index is 1630. The number of aromatic amines is 1. The summed E-state index contributed by atoms with van der Waals surface area (Å²) in [5, 5.41) is 12.1. The van der Waals surface area contributed by atoms with E-state index >= 15 is 0 Å². The van der Waals surface area contributed by atoms with Gasteiger partial charge in [-0.1, -0.05) is 55.7 Å². The molecule has 5 heteroatoms. The summed E-state index contributed by atoms with van der Waals surface area (Å²) in [6.07, 6.45) is 7.50. The molecule has 0 spiro atoms. The highest BCUT2D eigenvalue weighted by Crippen LogP contribution is 2.40. The summed E-state index contributed by atoms with van der Waals surface area (Å²) in [5.74, 6) is 0.279. The van der Waals surface area contributed by atoms with Gasteiger partial charge in [0.25, 0.3) is 0 Å². The number of nitrogens with one attached hydrogen (secondary N) is 1. The van der Waals surface area contributed by atoms with E-state index in [9.17, 15) is 10.1 Å². The molecule has 5 aromatic rings. The highest BCUT2D eigenvalue weighted by Gasteiger charge is 2.25. The summed E-state index contributed by atoms with van der Waals surface area (Å²) in [4.78, 5) is 21.2. The van der Waals surface area contributed by atoms with Crippen LogP contribution in [-0.2, 0) is 0 Å². The second kappa shape index (κ2) is 8.31. The van der Waals surface area contributed by atoms with E-state index in [2.05, 4.69) is 11.1 Å². The smallest absolute Gasteiger partial charge is 0.345 e. The van der Waals surface area contributed by atoms with E-state index in [0.29, 0.717) is 28.1 Å². The van der Waals surface area contributed by atoms with Gasteiger partial charge in [0.2, 0.25) is 0 Å². The maximum atomic E-state index is 13.0. The minimum absolute atomic E-state index is 0.279. The third-order valence-electron chi connectivity index (χ3n) is 6.97. The molecule has 0 aliphatic heterocycles. The fourth-order valence-electron chi connectivity index (χ4n) is 5.26. The molecule has 1 saturated carbocycles. The first-order valence-electron chi connectivity index (χ1n) is 11.8. The van der Waals surface area contributed by atoms with Crippen molar-refractivity contribution in [2.45, 2.75) is 38.0 Å². The molecule has 34 heavy (non-hydrogen) atoms. The number of H-pyrrole nitrogens is 1. The zero-order valence-electron chi connectivity index (χ0n) is 18.7. The van der Waals surface area contributed by atoms with Crippen molar-refractivity contribution < 1.29 is 4.42 Å². The minimum atomic E-state index is -0.421. The monoisotopic (exact) mass is 445 g/mol. The highest BCUT2D eigenvalue weighted by molar-refractivity contribution is 5.96. The number of nitrogens with zero attached hydrogens (tertiary/aromatic N) is 2. The van der Waals surface area contributed by atoms with Crippen molar-refractivity contribution in [3.8, 4) is 28.6 Å². The number of benzene rings is 2. The number of rotatable bonds is 3. The molecule has 1 N–H and O–H groups in total. The van der Waals surface area contributed by atoms with Gasteiger partial charge in [-0.2, -0.15) is 5.26 Å². The van der Waals surface area contributed by atoms with Gasteiger partial charge >= 0.3 is 5.63 Å². The van der Waals surface area contributed by atoms with E-state index in [1.54, 1.807) is 6.07 Å². The zero-order chi connectivity index (χ0) is 23.1. The Hall–Kier alpha value is -4.17. The van der Waals surface area contributed by atoms with Crippen LogP contribution in [0.5, 0.6) is 0 Å². The van der Waals surface area contributed by atoms with Crippen molar-refractivity contribution >= 4 is 21.9 Å². The van der Waals surface area contributed by atoms with Crippen molar-refractivity contribution in [2.24, 2.45) is 0 Å². The topological polar surface area (TPSA) is 82.7 Å². The van der Waals surface area contributed by atoms with E-state index in [1.165, 1.54) is 6.42 Å². The van der Waals surface area contributed by atoms with Crippen molar-refractivity contribution in [1.82, 2.24) is 9.97 Å². The zero-order valence-corrected chi connectivity index (χ0v) is 18.7. The molecule has 1 aliphatic carbocycles. The Morgan fingerprint density at radius 3 is 2.62 bits per heavy atom. The maximum Gasteiger partial charge on any atom is 0.345 e. The number of pyridine rings is 1. The normalized spacial score (nSPS) is 14.4. The maximum absolute atomic E-state index is 13.0. The number of para-hydroxylation sites is 2. The van der Waals surface area contributed by atoms with Crippen LogP contribution in [-0.4, -0.2) is 9.97 Å². The number of fused-ring (bicyclic) bond motifs is 2. The summed E-state index contributed by atoms with van der Waals surface area (Å²) >= 11 is 0. The minimum Gasteiger partial charge on any atom is -0.422 e. The van der Waals surface area contributed by atoms with Gasteiger partial charge in [-0.25, -0.2) is 9.78 Å². The Kier molecular flexibility index (Phi) is 5.00. The van der Waals surface area contributed by atoms with Gasteiger partial charge in [-0.3, -0.25) is 0 Å². The first-order chi connectivity index (χ1) is 16.7. The summed E-state index contributed by atoms with van der Waals surface area (Å²) in [5.41, 5.74) is 5.16. The Morgan fingerprint density at radius 1 is 0.971 bits per heavy atom. The van der Waals surface area contributed by atoms with Crippen LogP contribution >= 0.6 is 0 Å². The van der Waals surface area contributed by atoms with Crippen LogP contribution in [0, 0.1) is 11.3 Å². The van der Waals surface area contributed by atoms with E-state index in [-0.39, 0.29) is 5.92 Å². The van der Waals surface area contributed by atoms with Crippen molar-refractivity contribution in [3.63, 3.8) is 0 Å². The van der Waals surface area contributed by atoms with Crippen molar-refractivity contribution in [3.05, 3.63) is 88.4 Å². The van der Waals surface area contributed by atoms with Crippen LogP contribution in [0.15, 0.2) is 76.1 Å². The number of aromatic nitrogens is 2. The lowest BCUT2D eigenvalue weighted by atomic mass is 9.81. The van der Waals surface area contributed by atoms with Crippen LogP contribution in [0.1, 0.15) is 49.1 Å². The molecule has 1 fully saturated rings. The van der Waals surface area contributed by atoms with Gasteiger partial charge in [-0.15, -0.1) is 0 Å². The molecule has 6 rings (SSSR count). The van der Waals surface area contributed by atoms with Crippen molar-refractivity contribution in [2.75, 3.05) is 0 Å². The van der Waals surface area contributed by atoms with E-state index in [1.807, 2.05) is 60.8 Å². The standard InChI is InChI=1S/C29H23N3O2/c30-16-23-21(18-8-2-1-3-9-18)15-26(22-14-19-10-4-7-13-27(19)34-29(22)33)32-28(23)24-17-31-25-12-6-5-11-20(24)25/h4-7,10-15,17-18,31H,1-3,8-9H2. The van der Waals surface area contributed by atoms with Gasteiger partial charge in [0.1, 0.15) is 11.7 Å². The third-order valence-corrected chi connectivity index (χ3v) is 6.97. The van der Waals surface area contributed by atoms with Gasteiger partial charge < -0.3 is 9.40 Å². The molecule has 0 radical (unpaired) electrons. The quantitative estimate of drug-likeness (QED) is 0.305. The first-order valence-corrected chi connectivity index (χ1v) is 11.8.